The number of nitrogens with one attached hydrogen (secondary N) is 2. The normalized spacial score (nSPS) is 12.0. The molecule has 100 heavy (non-hydrogen) atoms. The maximum atomic E-state index is 8.01. The van der Waals surface area contributed by atoms with Crippen molar-refractivity contribution in [3.05, 3.63) is 174 Å². The smallest absolute Gasteiger partial charge is 0.698 e. The van der Waals surface area contributed by atoms with E-state index in [4.69, 9.17) is 21.5 Å². The molecule has 0 aliphatic rings. The molecule has 0 bridgehead atoms. The van der Waals surface area contributed by atoms with Gasteiger partial charge in [-0.1, -0.05) is 327 Å². The molecule has 0 aromatic heterocycles. The zero-order valence-electron chi connectivity index (χ0n) is 70.4. The third-order valence-corrected chi connectivity index (χ3v) is 15.1. The summed E-state index contributed by atoms with van der Waals surface area (Å²) in [4.78, 5) is 22.3. The van der Waals surface area contributed by atoms with Crippen molar-refractivity contribution in [1.82, 2.24) is 9.80 Å². The van der Waals surface area contributed by atoms with E-state index in [0.717, 1.165) is 94.0 Å². The van der Waals surface area contributed by atoms with Crippen molar-refractivity contribution in [2.45, 2.75) is 305 Å². The molecule has 558 valence electrons. The van der Waals surface area contributed by atoms with Crippen LogP contribution >= 0.6 is 0 Å². The van der Waals surface area contributed by atoms with Gasteiger partial charge in [-0.05, 0) is 149 Å². The second-order valence-electron chi connectivity index (χ2n) is 29.8. The quantitative estimate of drug-likeness (QED) is 0.0301. The molecule has 0 radical (unpaired) electrons. The molecule has 4 aromatic rings. The fourth-order valence-electron chi connectivity index (χ4n) is 9.46. The van der Waals surface area contributed by atoms with Crippen molar-refractivity contribution >= 4 is 46.8 Å². The van der Waals surface area contributed by atoms with Crippen LogP contribution in [0.3, 0.4) is 0 Å². The Kier molecular flexibility index (Phi) is 63.0. The van der Waals surface area contributed by atoms with Crippen molar-refractivity contribution < 1.29 is 65.4 Å². The molecule has 0 saturated carbocycles. The Balaban J connectivity index is -0.000000367. The zero-order chi connectivity index (χ0) is 75.9. The van der Waals surface area contributed by atoms with Crippen LogP contribution in [0.15, 0.2) is 116 Å². The van der Waals surface area contributed by atoms with E-state index in [-0.39, 0.29) is 65.4 Å². The number of aliphatic imine (C=N–C) groups is 4. The predicted molar refractivity (Wildman–Crippen MR) is 447 cm³/mol. The van der Waals surface area contributed by atoms with Gasteiger partial charge in [-0.2, -0.15) is 11.4 Å². The van der Waals surface area contributed by atoms with Crippen LogP contribution in [0, 0.1) is 0 Å². The van der Waals surface area contributed by atoms with Crippen LogP contribution in [0.4, 0.5) is 22.7 Å². The summed E-state index contributed by atoms with van der Waals surface area (Å²) in [5.74, 6) is 3.65. The summed E-state index contributed by atoms with van der Waals surface area (Å²) >= 11 is 0. The van der Waals surface area contributed by atoms with Crippen LogP contribution < -0.4 is 0 Å². The molecule has 0 unspecified atom stereocenters. The molecule has 4 rings (SSSR count). The average molecular weight is 1530 g/mol. The summed E-state index contributed by atoms with van der Waals surface area (Å²) < 4.78 is 0. The Morgan fingerprint density at radius 3 is 0.780 bits per heavy atom. The van der Waals surface area contributed by atoms with Crippen molar-refractivity contribution in [1.29, 1.82) is 0 Å². The molecule has 0 heterocycles. The standard InChI is InChI=1S/2C21H34N3.2C12H18N.2C7H15N2.C6H14.2Y/c2*1-15(2)19-10-9-11-20(16(3)4)21(19)23-18(6)14-17(5)22-12-13-24(7)8;2*1-8(2)10-6-5-7-11(9(3)4)12(10)13;2*1-6(2)8-5-9-7(3)4;1-3-5-6-4-2;;/h2*9-11,14-16H,12-13H2,1-8H3;2*5-9,13H,1-4H3;2*5-7H,1-4H3;3-6H2,1-2H3;;/q6*-1;;2*+3/b2*17-14-,23-18?;;;;;;;. The number of unbranched alkanes of at least 4 members (excludes halogenated alkanes) is 3. The molecule has 0 fully saturated rings. The van der Waals surface area contributed by atoms with E-state index in [1.807, 2.05) is 69.2 Å². The number of likely N-dealkylation sites (N-methyl/N-ethyl adjacent to an activating group) is 2. The predicted octanol–water partition coefficient (Wildman–Crippen LogP) is 28.0. The fraction of sp³-hybridized carbons (Fsp3) is 0.628. The van der Waals surface area contributed by atoms with Crippen LogP contribution in [0.2, 0.25) is 0 Å². The van der Waals surface area contributed by atoms with E-state index >= 15 is 0 Å². The minimum Gasteiger partial charge on any atom is -0.698 e. The molecule has 0 amide bonds. The Morgan fingerprint density at radius 1 is 0.380 bits per heavy atom. The second-order valence-corrected chi connectivity index (χ2v) is 29.8. The number of para-hydroxylation sites is 2. The summed E-state index contributed by atoms with van der Waals surface area (Å²) in [5.41, 5.74) is 33.7. The maximum Gasteiger partial charge on any atom is 3.00 e. The molecular weight excluding hydrogens is 1380 g/mol. The number of allylic oxidation sites excluding steroid dienone is 4. The van der Waals surface area contributed by atoms with Gasteiger partial charge >= 0.3 is 65.4 Å². The van der Waals surface area contributed by atoms with Gasteiger partial charge < -0.3 is 52.5 Å². The van der Waals surface area contributed by atoms with Gasteiger partial charge in [0, 0.05) is 11.4 Å². The van der Waals surface area contributed by atoms with E-state index in [9.17, 15) is 0 Å². The van der Waals surface area contributed by atoms with E-state index in [0.29, 0.717) is 71.5 Å². The van der Waals surface area contributed by atoms with Gasteiger partial charge in [0.15, 0.2) is 0 Å². The maximum absolute atomic E-state index is 8.01. The van der Waals surface area contributed by atoms with Gasteiger partial charge in [0.2, 0.25) is 0 Å². The largest absolute Gasteiger partial charge is 3.00 e. The second kappa shape index (κ2) is 60.3. The molecule has 0 saturated heterocycles. The van der Waals surface area contributed by atoms with Crippen LogP contribution in [0.1, 0.15) is 325 Å². The number of nitrogens with zero attached hydrogens (tertiary/aromatic N) is 10. The van der Waals surface area contributed by atoms with Crippen molar-refractivity contribution in [3.8, 4) is 0 Å². The van der Waals surface area contributed by atoms with E-state index in [1.165, 1.54) is 47.9 Å². The summed E-state index contributed by atoms with van der Waals surface area (Å²) in [6, 6.07) is 26.9. The molecule has 14 heteroatoms. The van der Waals surface area contributed by atoms with Crippen LogP contribution in [0.25, 0.3) is 32.7 Å². The Hall–Kier alpha value is -4.03. The SMILES string of the molecule is CC(/C=C(/C)[N-]CCN(C)C)=Nc1c(C(C)C)cccc1C(C)C.CC(/C=C(/C)[N-]CCN(C)C)=Nc1c(C(C)C)cccc1C(C)C.CC(C)N=C[N-]C(C)C.CC(C)N=C[N-]C(C)C.CC(C)c1cccc(C(C)C)c1[NH-].CC(C)c1cccc(C(C)C)c1[NH-].CCCCCC.[Y+3].[Y+3]. The summed E-state index contributed by atoms with van der Waals surface area (Å²) in [7, 11) is 8.27. The van der Waals surface area contributed by atoms with Crippen LogP contribution in [0.5, 0.6) is 0 Å². The van der Waals surface area contributed by atoms with E-state index in [1.54, 1.807) is 12.7 Å². The van der Waals surface area contributed by atoms with Gasteiger partial charge in [0.1, 0.15) is 0 Å². The first kappa shape index (κ1) is 105. The molecule has 0 aliphatic heterocycles. The van der Waals surface area contributed by atoms with Gasteiger partial charge in [0.25, 0.3) is 0 Å². The minimum absolute atomic E-state index is 0. The van der Waals surface area contributed by atoms with Crippen molar-refractivity contribution in [2.75, 3.05) is 54.4 Å². The molecule has 0 spiro atoms. The molecule has 0 aliphatic carbocycles. The van der Waals surface area contributed by atoms with Crippen LogP contribution in [-0.2, 0) is 65.4 Å². The Bertz CT molecular complexity index is 2600. The summed E-state index contributed by atoms with van der Waals surface area (Å²) in [5, 5.41) is 17.3. The minimum atomic E-state index is 0. The summed E-state index contributed by atoms with van der Waals surface area (Å²) in [6.07, 6.45) is 13.0. The molecule has 4 aromatic carbocycles. The number of hydrogen-bond donors (Lipinski definition) is 0. The number of hydrogen-bond acceptors (Lipinski definition) is 6. The van der Waals surface area contributed by atoms with E-state index in [2.05, 4.69) is 293 Å². The Morgan fingerprint density at radius 2 is 0.600 bits per heavy atom. The number of rotatable bonds is 29. The first-order chi connectivity index (χ1) is 45.7. The van der Waals surface area contributed by atoms with Gasteiger partial charge in [-0.25, -0.2) is 0 Å². The van der Waals surface area contributed by atoms with Crippen molar-refractivity contribution in [2.24, 2.45) is 20.0 Å². The topological polar surface area (TPSA) is 160 Å². The zero-order valence-corrected chi connectivity index (χ0v) is 76.1. The molecular formula is C86H148N12Y2. The first-order valence-electron chi connectivity index (χ1n) is 37.2. The monoisotopic (exact) mass is 1530 g/mol. The molecule has 2 N–H and O–H groups in total. The van der Waals surface area contributed by atoms with Gasteiger partial charge in [-0.15, -0.1) is 37.1 Å². The summed E-state index contributed by atoms with van der Waals surface area (Å²) in [6.45, 7) is 67.4. The number of benzene rings is 4. The molecule has 12 nitrogen and oxygen atoms in total. The third-order valence-electron chi connectivity index (χ3n) is 15.1. The fourth-order valence-corrected chi connectivity index (χ4v) is 9.46. The van der Waals surface area contributed by atoms with Gasteiger partial charge in [0.05, 0.1) is 11.4 Å². The van der Waals surface area contributed by atoms with Crippen LogP contribution in [-0.4, -0.2) is 112 Å². The third kappa shape index (κ3) is 50.4. The Labute approximate surface area is 669 Å². The van der Waals surface area contributed by atoms with E-state index < -0.39 is 0 Å². The first-order valence-corrected chi connectivity index (χ1v) is 37.2. The van der Waals surface area contributed by atoms with Crippen molar-refractivity contribution in [3.63, 3.8) is 0 Å². The molecule has 0 atom stereocenters. The van der Waals surface area contributed by atoms with Gasteiger partial charge in [-0.3, -0.25) is 9.98 Å². The average Bonchev–Trinajstić information content (AvgIpc) is 0.848.